The first-order valence-corrected chi connectivity index (χ1v) is 10.1. The van der Waals surface area contributed by atoms with Gasteiger partial charge in [0.25, 0.3) is 5.91 Å². The van der Waals surface area contributed by atoms with Gasteiger partial charge in [-0.05, 0) is 55.2 Å². The number of methoxy groups -OCH3 is 2. The molecule has 1 atom stereocenters. The summed E-state index contributed by atoms with van der Waals surface area (Å²) in [5.74, 6) is 2.13. The quantitative estimate of drug-likeness (QED) is 0.606. The number of hydrogen-bond acceptors (Lipinski definition) is 6. The Morgan fingerprint density at radius 1 is 1.13 bits per heavy atom. The fourth-order valence-electron chi connectivity index (χ4n) is 3.78. The number of hydrogen-bond donors (Lipinski definition) is 0. The first-order chi connectivity index (χ1) is 14.6. The van der Waals surface area contributed by atoms with Crippen LogP contribution in [0.5, 0.6) is 11.5 Å². The van der Waals surface area contributed by atoms with Gasteiger partial charge in [0.1, 0.15) is 6.04 Å². The molecule has 7 nitrogen and oxygen atoms in total. The van der Waals surface area contributed by atoms with E-state index in [1.807, 2.05) is 35.2 Å². The highest BCUT2D eigenvalue weighted by Crippen LogP contribution is 2.35. The summed E-state index contributed by atoms with van der Waals surface area (Å²) in [5.41, 5.74) is 2.65. The molecule has 0 spiro atoms. The van der Waals surface area contributed by atoms with Crippen molar-refractivity contribution in [2.75, 3.05) is 20.8 Å². The lowest BCUT2D eigenvalue weighted by molar-refractivity contribution is 0.0710. The van der Waals surface area contributed by atoms with Gasteiger partial charge in [0.15, 0.2) is 11.5 Å². The van der Waals surface area contributed by atoms with Crippen LogP contribution < -0.4 is 9.47 Å². The number of rotatable bonds is 6. The van der Waals surface area contributed by atoms with E-state index < -0.39 is 0 Å². The average Bonchev–Trinajstić information content (AvgIpc) is 3.47. The van der Waals surface area contributed by atoms with Crippen LogP contribution in [0.3, 0.4) is 0 Å². The van der Waals surface area contributed by atoms with Crippen molar-refractivity contribution < 1.29 is 18.8 Å². The number of aryl methyl sites for hydroxylation is 1. The molecule has 2 heterocycles. The molecule has 0 unspecified atom stereocenters. The molecule has 1 aliphatic heterocycles. The zero-order chi connectivity index (χ0) is 21.1. The van der Waals surface area contributed by atoms with E-state index in [0.717, 1.165) is 24.8 Å². The van der Waals surface area contributed by atoms with E-state index in [9.17, 15) is 4.79 Å². The van der Waals surface area contributed by atoms with Gasteiger partial charge in [-0.25, -0.2) is 0 Å². The van der Waals surface area contributed by atoms with E-state index in [1.54, 1.807) is 26.4 Å². The highest BCUT2D eigenvalue weighted by molar-refractivity contribution is 5.94. The van der Waals surface area contributed by atoms with Crippen LogP contribution in [0.25, 0.3) is 11.4 Å². The summed E-state index contributed by atoms with van der Waals surface area (Å²) >= 11 is 0. The molecule has 156 valence electrons. The van der Waals surface area contributed by atoms with Crippen LogP contribution in [-0.2, 0) is 6.42 Å². The molecule has 0 saturated carbocycles. The van der Waals surface area contributed by atoms with Crippen molar-refractivity contribution in [2.24, 2.45) is 0 Å². The van der Waals surface area contributed by atoms with Crippen LogP contribution in [-0.4, -0.2) is 41.7 Å². The van der Waals surface area contributed by atoms with Gasteiger partial charge in [0.2, 0.25) is 11.7 Å². The van der Waals surface area contributed by atoms with Gasteiger partial charge >= 0.3 is 0 Å². The van der Waals surface area contributed by atoms with Crippen molar-refractivity contribution in [1.82, 2.24) is 15.0 Å². The monoisotopic (exact) mass is 407 g/mol. The predicted molar refractivity (Wildman–Crippen MR) is 112 cm³/mol. The van der Waals surface area contributed by atoms with Gasteiger partial charge in [-0.1, -0.05) is 24.2 Å². The van der Waals surface area contributed by atoms with E-state index >= 15 is 0 Å². The van der Waals surface area contributed by atoms with Gasteiger partial charge in [-0.15, -0.1) is 0 Å². The maximum atomic E-state index is 13.1. The maximum absolute atomic E-state index is 13.1. The van der Waals surface area contributed by atoms with Crippen LogP contribution in [0.15, 0.2) is 47.0 Å². The number of nitrogens with zero attached hydrogens (tertiary/aromatic N) is 3. The molecular formula is C23H25N3O4. The van der Waals surface area contributed by atoms with Gasteiger partial charge in [0.05, 0.1) is 14.2 Å². The number of carbonyl (C=O) groups excluding carboxylic acids is 1. The third-order valence-electron chi connectivity index (χ3n) is 5.49. The molecule has 1 fully saturated rings. The fraction of sp³-hybridized carbons (Fsp3) is 0.348. The molecule has 7 heteroatoms. The molecule has 1 saturated heterocycles. The number of carbonyl (C=O) groups is 1. The third kappa shape index (κ3) is 3.75. The SMILES string of the molecule is CCc1ccc(C(=O)N2CCC[C@H]2c2nc(-c3ccc(OC)c(OC)c3)no2)cc1. The summed E-state index contributed by atoms with van der Waals surface area (Å²) < 4.78 is 16.2. The topological polar surface area (TPSA) is 77.7 Å². The Labute approximate surface area is 175 Å². The molecule has 0 aliphatic carbocycles. The van der Waals surface area contributed by atoms with Crippen molar-refractivity contribution in [3.63, 3.8) is 0 Å². The number of aromatic nitrogens is 2. The summed E-state index contributed by atoms with van der Waals surface area (Å²) in [7, 11) is 3.17. The Kier molecular flexibility index (Phi) is 5.70. The lowest BCUT2D eigenvalue weighted by atomic mass is 10.1. The van der Waals surface area contributed by atoms with Gasteiger partial charge in [-0.3, -0.25) is 4.79 Å². The van der Waals surface area contributed by atoms with Crippen molar-refractivity contribution in [3.05, 3.63) is 59.5 Å². The lowest BCUT2D eigenvalue weighted by Crippen LogP contribution is -2.30. The van der Waals surface area contributed by atoms with E-state index in [4.69, 9.17) is 14.0 Å². The molecule has 0 N–H and O–H groups in total. The Balaban J connectivity index is 1.57. The van der Waals surface area contributed by atoms with Crippen LogP contribution in [0.4, 0.5) is 0 Å². The van der Waals surface area contributed by atoms with Crippen LogP contribution in [0, 0.1) is 0 Å². The Morgan fingerprint density at radius 3 is 2.60 bits per heavy atom. The molecule has 1 aromatic heterocycles. The maximum Gasteiger partial charge on any atom is 0.254 e. The molecule has 4 rings (SSSR count). The largest absolute Gasteiger partial charge is 0.493 e. The predicted octanol–water partition coefficient (Wildman–Crippen LogP) is 4.29. The molecule has 0 bridgehead atoms. The van der Waals surface area contributed by atoms with Crippen molar-refractivity contribution in [2.45, 2.75) is 32.2 Å². The van der Waals surface area contributed by atoms with Crippen molar-refractivity contribution in [1.29, 1.82) is 0 Å². The van der Waals surface area contributed by atoms with Crippen LogP contribution in [0.2, 0.25) is 0 Å². The van der Waals surface area contributed by atoms with Crippen LogP contribution >= 0.6 is 0 Å². The average molecular weight is 407 g/mol. The standard InChI is InChI=1S/C23H25N3O4/c1-4-15-7-9-16(10-8-15)23(27)26-13-5-6-18(26)22-24-21(25-30-22)17-11-12-19(28-2)20(14-17)29-3/h7-12,14,18H,4-6,13H2,1-3H3/t18-/m0/s1. The van der Waals surface area contributed by atoms with Crippen LogP contribution in [0.1, 0.15) is 47.6 Å². The number of amides is 1. The summed E-state index contributed by atoms with van der Waals surface area (Å²) in [5, 5.41) is 4.13. The molecule has 0 radical (unpaired) electrons. The Hall–Kier alpha value is -3.35. The first kappa shape index (κ1) is 19.9. The lowest BCUT2D eigenvalue weighted by Gasteiger charge is -2.22. The number of likely N-dealkylation sites (tertiary alicyclic amines) is 1. The summed E-state index contributed by atoms with van der Waals surface area (Å²) in [6, 6.07) is 13.0. The minimum Gasteiger partial charge on any atom is -0.493 e. The minimum absolute atomic E-state index is 0.00832. The fourth-order valence-corrected chi connectivity index (χ4v) is 3.78. The molecule has 1 aliphatic rings. The highest BCUT2D eigenvalue weighted by atomic mass is 16.5. The van der Waals surface area contributed by atoms with Gasteiger partial charge in [0, 0.05) is 17.7 Å². The Morgan fingerprint density at radius 2 is 1.90 bits per heavy atom. The third-order valence-corrected chi connectivity index (χ3v) is 5.49. The zero-order valence-corrected chi connectivity index (χ0v) is 17.4. The molecular weight excluding hydrogens is 382 g/mol. The molecule has 30 heavy (non-hydrogen) atoms. The summed E-state index contributed by atoms with van der Waals surface area (Å²) in [6.07, 6.45) is 2.64. The zero-order valence-electron chi connectivity index (χ0n) is 17.4. The van der Waals surface area contributed by atoms with E-state index in [0.29, 0.717) is 35.3 Å². The second kappa shape index (κ2) is 8.57. The van der Waals surface area contributed by atoms with E-state index in [-0.39, 0.29) is 11.9 Å². The van der Waals surface area contributed by atoms with E-state index in [1.165, 1.54) is 5.56 Å². The number of benzene rings is 2. The minimum atomic E-state index is -0.218. The molecule has 3 aromatic rings. The second-order valence-corrected chi connectivity index (χ2v) is 7.23. The highest BCUT2D eigenvalue weighted by Gasteiger charge is 2.34. The van der Waals surface area contributed by atoms with E-state index in [2.05, 4.69) is 17.1 Å². The van der Waals surface area contributed by atoms with Crippen molar-refractivity contribution in [3.8, 4) is 22.9 Å². The smallest absolute Gasteiger partial charge is 0.254 e. The van der Waals surface area contributed by atoms with Gasteiger partial charge < -0.3 is 18.9 Å². The van der Waals surface area contributed by atoms with Gasteiger partial charge in [-0.2, -0.15) is 4.98 Å². The molecule has 2 aromatic carbocycles. The Bertz CT molecular complexity index is 1030. The number of ether oxygens (including phenoxy) is 2. The summed E-state index contributed by atoms with van der Waals surface area (Å²) in [4.78, 5) is 19.5. The second-order valence-electron chi connectivity index (χ2n) is 7.23. The summed E-state index contributed by atoms with van der Waals surface area (Å²) in [6.45, 7) is 2.77. The molecule has 1 amide bonds. The first-order valence-electron chi connectivity index (χ1n) is 10.1. The van der Waals surface area contributed by atoms with Crippen molar-refractivity contribution >= 4 is 5.91 Å². The normalized spacial score (nSPS) is 16.0.